The first-order valence-electron chi connectivity index (χ1n) is 15.5. The summed E-state index contributed by atoms with van der Waals surface area (Å²) in [6, 6.07) is 19.2. The average molecular weight is 731 g/mol. The summed E-state index contributed by atoms with van der Waals surface area (Å²) in [5.41, 5.74) is 0.650. The van der Waals surface area contributed by atoms with Crippen LogP contribution in [-0.4, -0.2) is 48.4 Å². The standard InChI is InChI=1S/C36H45BrClN3O6/c1-8-27(23-12-10-9-11-13-23)31(33(43)39-29-19-16-25(37)22-28(29)38)40-32(42)30(41-34(44)47-36(5,6)7)24-14-17-26(18-15-24)45-20-21-46-35(2,3)4/h9-19,22,27,30-31H,8,20-21H2,1-7H3,(H,39,43)(H,40,42)(H,41,44)/t27-,30+,31-/m0/s1. The quantitative estimate of drug-likeness (QED) is 0.153. The van der Waals surface area contributed by atoms with Gasteiger partial charge in [0.15, 0.2) is 0 Å². The largest absolute Gasteiger partial charge is 0.491 e. The van der Waals surface area contributed by atoms with E-state index >= 15 is 0 Å². The molecule has 3 aromatic rings. The lowest BCUT2D eigenvalue weighted by molar-refractivity contribution is -0.128. The molecule has 0 fully saturated rings. The fourth-order valence-corrected chi connectivity index (χ4v) is 5.46. The van der Waals surface area contributed by atoms with Gasteiger partial charge in [-0.25, -0.2) is 4.79 Å². The highest BCUT2D eigenvalue weighted by Gasteiger charge is 2.34. The zero-order valence-electron chi connectivity index (χ0n) is 28.0. The van der Waals surface area contributed by atoms with Crippen LogP contribution >= 0.6 is 27.5 Å². The summed E-state index contributed by atoms with van der Waals surface area (Å²) in [6.45, 7) is 13.8. The fourth-order valence-electron chi connectivity index (χ4n) is 4.74. The Hall–Kier alpha value is -3.60. The monoisotopic (exact) mass is 729 g/mol. The second-order valence-corrected chi connectivity index (χ2v) is 14.3. The SMILES string of the molecule is CC[C@@H](c1ccccc1)[C@H](NC(=O)[C@H](NC(=O)OC(C)(C)C)c1ccc(OCCOC(C)(C)C)cc1)C(=O)Nc1ccc(Br)cc1Cl. The van der Waals surface area contributed by atoms with Crippen LogP contribution in [0.5, 0.6) is 5.75 Å². The van der Waals surface area contributed by atoms with Crippen molar-refractivity contribution in [3.8, 4) is 5.75 Å². The molecular formula is C36H45BrClN3O6. The third-order valence-electron chi connectivity index (χ3n) is 6.86. The van der Waals surface area contributed by atoms with Crippen LogP contribution in [0.25, 0.3) is 0 Å². The van der Waals surface area contributed by atoms with Crippen molar-refractivity contribution in [1.29, 1.82) is 0 Å². The summed E-state index contributed by atoms with van der Waals surface area (Å²) in [5, 5.41) is 8.83. The molecule has 0 aliphatic carbocycles. The molecule has 3 rings (SSSR count). The van der Waals surface area contributed by atoms with Crippen molar-refractivity contribution in [1.82, 2.24) is 10.6 Å². The second-order valence-electron chi connectivity index (χ2n) is 13.0. The van der Waals surface area contributed by atoms with Gasteiger partial charge in [0.25, 0.3) is 0 Å². The van der Waals surface area contributed by atoms with E-state index in [1.54, 1.807) is 63.2 Å². The van der Waals surface area contributed by atoms with Crippen LogP contribution in [-0.2, 0) is 19.1 Å². The molecule has 0 aromatic heterocycles. The Morgan fingerprint density at radius 1 is 0.809 bits per heavy atom. The van der Waals surface area contributed by atoms with Crippen LogP contribution in [0.3, 0.4) is 0 Å². The molecule has 0 saturated carbocycles. The first kappa shape index (κ1) is 37.9. The molecule has 0 aliphatic rings. The van der Waals surface area contributed by atoms with E-state index in [-0.39, 0.29) is 5.60 Å². The Morgan fingerprint density at radius 3 is 2.04 bits per heavy atom. The van der Waals surface area contributed by atoms with Gasteiger partial charge in [-0.15, -0.1) is 0 Å². The lowest BCUT2D eigenvalue weighted by atomic mass is 9.88. The van der Waals surface area contributed by atoms with Gasteiger partial charge in [-0.1, -0.05) is 76.9 Å². The van der Waals surface area contributed by atoms with Crippen molar-refractivity contribution < 1.29 is 28.6 Å². The van der Waals surface area contributed by atoms with Gasteiger partial charge in [0, 0.05) is 10.4 Å². The van der Waals surface area contributed by atoms with Crippen LogP contribution in [0.2, 0.25) is 5.02 Å². The lowest BCUT2D eigenvalue weighted by Crippen LogP contribution is -2.51. The number of benzene rings is 3. The van der Waals surface area contributed by atoms with E-state index in [1.165, 1.54) is 0 Å². The molecule has 11 heteroatoms. The van der Waals surface area contributed by atoms with Crippen LogP contribution in [0.1, 0.15) is 78.0 Å². The maximum absolute atomic E-state index is 14.1. The van der Waals surface area contributed by atoms with E-state index < -0.39 is 41.5 Å². The molecule has 3 amide bonds. The van der Waals surface area contributed by atoms with Gasteiger partial charge in [0.1, 0.15) is 30.0 Å². The number of ether oxygens (including phenoxy) is 3. The van der Waals surface area contributed by atoms with Crippen LogP contribution in [0.15, 0.2) is 77.3 Å². The lowest BCUT2D eigenvalue weighted by Gasteiger charge is -2.29. The number of carbonyl (C=O) groups is 3. The molecule has 0 spiro atoms. The Labute approximate surface area is 291 Å². The first-order valence-corrected chi connectivity index (χ1v) is 16.7. The predicted molar refractivity (Wildman–Crippen MR) is 189 cm³/mol. The highest BCUT2D eigenvalue weighted by molar-refractivity contribution is 9.10. The van der Waals surface area contributed by atoms with Crippen molar-refractivity contribution in [2.24, 2.45) is 0 Å². The van der Waals surface area contributed by atoms with E-state index in [1.807, 2.05) is 58.0 Å². The minimum Gasteiger partial charge on any atom is -0.491 e. The number of halogens is 2. The molecule has 0 bridgehead atoms. The number of hydrogen-bond donors (Lipinski definition) is 3. The Bertz CT molecular complexity index is 1490. The molecule has 0 aliphatic heterocycles. The van der Waals surface area contributed by atoms with E-state index in [4.69, 9.17) is 25.8 Å². The molecular weight excluding hydrogens is 686 g/mol. The summed E-state index contributed by atoms with van der Waals surface area (Å²) in [5.74, 6) is -0.890. The number of anilines is 1. The molecule has 0 radical (unpaired) electrons. The van der Waals surface area contributed by atoms with Gasteiger partial charge in [-0.05, 0) is 89.4 Å². The van der Waals surface area contributed by atoms with Crippen LogP contribution in [0, 0.1) is 0 Å². The highest BCUT2D eigenvalue weighted by atomic mass is 79.9. The van der Waals surface area contributed by atoms with Crippen LogP contribution in [0.4, 0.5) is 10.5 Å². The minimum atomic E-state index is -1.19. The van der Waals surface area contributed by atoms with Gasteiger partial charge in [0.2, 0.25) is 11.8 Å². The summed E-state index contributed by atoms with van der Waals surface area (Å²) >= 11 is 9.80. The number of hydrogen-bond acceptors (Lipinski definition) is 6. The molecule has 0 heterocycles. The zero-order valence-corrected chi connectivity index (χ0v) is 30.3. The van der Waals surface area contributed by atoms with Crippen molar-refractivity contribution in [2.75, 3.05) is 18.5 Å². The number of rotatable bonds is 13. The summed E-state index contributed by atoms with van der Waals surface area (Å²) in [4.78, 5) is 41.0. The fraction of sp³-hybridized carbons (Fsp3) is 0.417. The molecule has 3 aromatic carbocycles. The molecule has 9 nitrogen and oxygen atoms in total. The van der Waals surface area contributed by atoms with Crippen LogP contribution < -0.4 is 20.7 Å². The number of amides is 3. The number of alkyl carbamates (subject to hydrolysis) is 1. The molecule has 3 N–H and O–H groups in total. The minimum absolute atomic E-state index is 0.280. The maximum Gasteiger partial charge on any atom is 0.408 e. The maximum atomic E-state index is 14.1. The normalized spacial score (nSPS) is 13.6. The molecule has 254 valence electrons. The van der Waals surface area contributed by atoms with E-state index in [9.17, 15) is 14.4 Å². The third kappa shape index (κ3) is 12.5. The third-order valence-corrected chi connectivity index (χ3v) is 7.67. The Kier molecular flexibility index (Phi) is 13.7. The average Bonchev–Trinajstić information content (AvgIpc) is 2.99. The predicted octanol–water partition coefficient (Wildman–Crippen LogP) is 8.18. The summed E-state index contributed by atoms with van der Waals surface area (Å²) in [6.07, 6.45) is -0.249. The second kappa shape index (κ2) is 17.0. The number of nitrogens with one attached hydrogen (secondary N) is 3. The van der Waals surface area contributed by atoms with E-state index in [2.05, 4.69) is 31.9 Å². The van der Waals surface area contributed by atoms with Gasteiger partial charge >= 0.3 is 6.09 Å². The first-order chi connectivity index (χ1) is 22.1. The smallest absolute Gasteiger partial charge is 0.408 e. The Morgan fingerprint density at radius 2 is 1.47 bits per heavy atom. The van der Waals surface area contributed by atoms with Gasteiger partial charge in [-0.2, -0.15) is 0 Å². The molecule has 0 unspecified atom stereocenters. The summed E-state index contributed by atoms with van der Waals surface area (Å²) < 4.78 is 17.8. The van der Waals surface area contributed by atoms with Crippen molar-refractivity contribution in [2.45, 2.75) is 84.1 Å². The molecule has 47 heavy (non-hydrogen) atoms. The topological polar surface area (TPSA) is 115 Å². The molecule has 0 saturated heterocycles. The van der Waals surface area contributed by atoms with E-state index in [0.717, 1.165) is 10.0 Å². The van der Waals surface area contributed by atoms with Crippen molar-refractivity contribution >= 4 is 51.1 Å². The van der Waals surface area contributed by atoms with Gasteiger partial charge in [-0.3, -0.25) is 9.59 Å². The number of carbonyl (C=O) groups excluding carboxylic acids is 3. The molecule has 3 atom stereocenters. The van der Waals surface area contributed by atoms with Crippen molar-refractivity contribution in [3.05, 3.63) is 93.4 Å². The van der Waals surface area contributed by atoms with E-state index in [0.29, 0.717) is 41.7 Å². The zero-order chi connectivity index (χ0) is 34.8. The highest BCUT2D eigenvalue weighted by Crippen LogP contribution is 2.29. The van der Waals surface area contributed by atoms with Crippen molar-refractivity contribution in [3.63, 3.8) is 0 Å². The Balaban J connectivity index is 1.92. The summed E-state index contributed by atoms with van der Waals surface area (Å²) in [7, 11) is 0. The van der Waals surface area contributed by atoms with Gasteiger partial charge in [0.05, 0.1) is 22.9 Å². The van der Waals surface area contributed by atoms with Gasteiger partial charge < -0.3 is 30.2 Å².